The molecule has 6 heteroatoms. The molecule has 1 aromatic carbocycles. The van der Waals surface area contributed by atoms with Gasteiger partial charge in [-0.05, 0) is 59.2 Å². The number of nitrogens with one attached hydrogen (secondary N) is 1. The molecule has 6 nitrogen and oxygen atoms in total. The van der Waals surface area contributed by atoms with E-state index in [1.807, 2.05) is 32.9 Å². The zero-order chi connectivity index (χ0) is 18.4. The molecule has 134 valence electrons. The maximum Gasteiger partial charge on any atom is 0.407 e. The standard InChI is InChI=1S/C18H27NO5/c1-7-22-15(20)18(5,6)23-14-10-8-13(9-11-14)12-19-16(21)24-17(2,3)4/h8-11H,7,12H2,1-6H3,(H,19,21). The summed E-state index contributed by atoms with van der Waals surface area (Å²) in [5.74, 6) is 0.134. The van der Waals surface area contributed by atoms with Crippen LogP contribution in [0.5, 0.6) is 5.75 Å². The van der Waals surface area contributed by atoms with Gasteiger partial charge in [-0.2, -0.15) is 0 Å². The van der Waals surface area contributed by atoms with Gasteiger partial charge in [0, 0.05) is 6.54 Å². The van der Waals surface area contributed by atoms with E-state index in [-0.39, 0.29) is 0 Å². The number of carbonyl (C=O) groups is 2. The number of benzene rings is 1. The number of ether oxygens (including phenoxy) is 3. The average molecular weight is 337 g/mol. The Balaban J connectivity index is 2.57. The third kappa shape index (κ3) is 6.89. The Bertz CT molecular complexity index is 558. The largest absolute Gasteiger partial charge is 0.476 e. The van der Waals surface area contributed by atoms with Crippen molar-refractivity contribution in [1.82, 2.24) is 5.32 Å². The first kappa shape index (κ1) is 19.8. The Hall–Kier alpha value is -2.24. The van der Waals surface area contributed by atoms with Crippen molar-refractivity contribution < 1.29 is 23.8 Å². The van der Waals surface area contributed by atoms with E-state index in [0.29, 0.717) is 18.9 Å². The normalized spacial score (nSPS) is 11.6. The molecule has 0 radical (unpaired) electrons. The predicted molar refractivity (Wildman–Crippen MR) is 90.9 cm³/mol. The van der Waals surface area contributed by atoms with Crippen molar-refractivity contribution in [2.75, 3.05) is 6.61 Å². The maximum absolute atomic E-state index is 11.8. The SMILES string of the molecule is CCOC(=O)C(C)(C)Oc1ccc(CNC(=O)OC(C)(C)C)cc1. The molecule has 0 aliphatic heterocycles. The lowest BCUT2D eigenvalue weighted by molar-refractivity contribution is -0.158. The predicted octanol–water partition coefficient (Wildman–Crippen LogP) is 3.43. The van der Waals surface area contributed by atoms with Crippen molar-refractivity contribution in [3.8, 4) is 5.75 Å². The Kier molecular flexibility index (Phi) is 6.63. The van der Waals surface area contributed by atoms with Gasteiger partial charge < -0.3 is 19.5 Å². The summed E-state index contributed by atoms with van der Waals surface area (Å²) in [6.45, 7) is 11.1. The quantitative estimate of drug-likeness (QED) is 0.805. The minimum atomic E-state index is -1.06. The van der Waals surface area contributed by atoms with E-state index < -0.39 is 23.3 Å². The molecular formula is C18H27NO5. The van der Waals surface area contributed by atoms with Crippen LogP contribution in [0.1, 0.15) is 47.1 Å². The van der Waals surface area contributed by atoms with Crippen molar-refractivity contribution in [2.24, 2.45) is 0 Å². The summed E-state index contributed by atoms with van der Waals surface area (Å²) in [6, 6.07) is 7.11. The molecule has 0 heterocycles. The molecule has 0 aliphatic carbocycles. The number of hydrogen-bond acceptors (Lipinski definition) is 5. The van der Waals surface area contributed by atoms with Crippen LogP contribution in [0, 0.1) is 0 Å². The van der Waals surface area contributed by atoms with Gasteiger partial charge in [0.05, 0.1) is 6.61 Å². The zero-order valence-electron chi connectivity index (χ0n) is 15.3. The smallest absolute Gasteiger partial charge is 0.407 e. The Labute approximate surface area is 143 Å². The van der Waals surface area contributed by atoms with E-state index in [0.717, 1.165) is 5.56 Å². The Morgan fingerprint density at radius 2 is 1.62 bits per heavy atom. The van der Waals surface area contributed by atoms with E-state index in [9.17, 15) is 9.59 Å². The van der Waals surface area contributed by atoms with Crippen molar-refractivity contribution in [3.05, 3.63) is 29.8 Å². The number of esters is 1. The summed E-state index contributed by atoms with van der Waals surface area (Å²) in [7, 11) is 0. The number of hydrogen-bond donors (Lipinski definition) is 1. The highest BCUT2D eigenvalue weighted by Crippen LogP contribution is 2.20. The second kappa shape index (κ2) is 8.04. The molecule has 0 bridgehead atoms. The van der Waals surface area contributed by atoms with E-state index in [2.05, 4.69) is 5.32 Å². The summed E-state index contributed by atoms with van der Waals surface area (Å²) in [4.78, 5) is 23.4. The van der Waals surface area contributed by atoms with Crippen LogP contribution in [0.15, 0.2) is 24.3 Å². The molecule has 1 aromatic rings. The fourth-order valence-corrected chi connectivity index (χ4v) is 1.80. The lowest BCUT2D eigenvalue weighted by atomic mass is 10.1. The number of carbonyl (C=O) groups excluding carboxylic acids is 2. The summed E-state index contributed by atoms with van der Waals surface area (Å²) in [5, 5.41) is 2.68. The molecule has 1 rings (SSSR count). The molecular weight excluding hydrogens is 310 g/mol. The van der Waals surface area contributed by atoms with Gasteiger partial charge in [0.1, 0.15) is 11.4 Å². The second-order valence-electron chi connectivity index (χ2n) is 6.83. The zero-order valence-corrected chi connectivity index (χ0v) is 15.3. The third-order valence-electron chi connectivity index (χ3n) is 2.90. The summed E-state index contributed by atoms with van der Waals surface area (Å²) in [5.41, 5.74) is -0.700. The van der Waals surface area contributed by atoms with Gasteiger partial charge >= 0.3 is 12.1 Å². The lowest BCUT2D eigenvalue weighted by Crippen LogP contribution is -2.39. The van der Waals surface area contributed by atoms with Crippen LogP contribution >= 0.6 is 0 Å². The molecule has 0 fully saturated rings. The molecule has 0 unspecified atom stereocenters. The van der Waals surface area contributed by atoms with Crippen LogP contribution < -0.4 is 10.1 Å². The van der Waals surface area contributed by atoms with Crippen LogP contribution in [0.25, 0.3) is 0 Å². The van der Waals surface area contributed by atoms with Gasteiger partial charge in [0.25, 0.3) is 0 Å². The third-order valence-corrected chi connectivity index (χ3v) is 2.90. The van der Waals surface area contributed by atoms with Crippen LogP contribution in [0.3, 0.4) is 0 Å². The molecule has 0 atom stereocenters. The number of amides is 1. The fourth-order valence-electron chi connectivity index (χ4n) is 1.80. The number of alkyl carbamates (subject to hydrolysis) is 1. The second-order valence-corrected chi connectivity index (χ2v) is 6.83. The molecule has 0 spiro atoms. The van der Waals surface area contributed by atoms with E-state index in [1.54, 1.807) is 32.9 Å². The Morgan fingerprint density at radius 1 is 1.04 bits per heavy atom. The highest BCUT2D eigenvalue weighted by atomic mass is 16.6. The lowest BCUT2D eigenvalue weighted by Gasteiger charge is -2.24. The maximum atomic E-state index is 11.8. The van der Waals surface area contributed by atoms with Gasteiger partial charge in [-0.25, -0.2) is 9.59 Å². The van der Waals surface area contributed by atoms with E-state index >= 15 is 0 Å². The first-order valence-electron chi connectivity index (χ1n) is 7.95. The molecule has 1 amide bonds. The first-order chi connectivity index (χ1) is 11.0. The molecule has 1 N–H and O–H groups in total. The summed E-state index contributed by atoms with van der Waals surface area (Å²) in [6.07, 6.45) is -0.466. The topological polar surface area (TPSA) is 73.9 Å². The van der Waals surface area contributed by atoms with Gasteiger partial charge in [-0.15, -0.1) is 0 Å². The minimum absolute atomic E-state index is 0.306. The molecule has 0 aromatic heterocycles. The van der Waals surface area contributed by atoms with Crippen molar-refractivity contribution >= 4 is 12.1 Å². The van der Waals surface area contributed by atoms with Crippen LogP contribution in [-0.4, -0.2) is 29.9 Å². The number of rotatable bonds is 6. The summed E-state index contributed by atoms with van der Waals surface area (Å²) >= 11 is 0. The average Bonchev–Trinajstić information content (AvgIpc) is 2.44. The highest BCUT2D eigenvalue weighted by Gasteiger charge is 2.31. The minimum Gasteiger partial charge on any atom is -0.476 e. The monoisotopic (exact) mass is 337 g/mol. The molecule has 0 aliphatic rings. The first-order valence-corrected chi connectivity index (χ1v) is 7.95. The molecule has 0 saturated carbocycles. The molecule has 0 saturated heterocycles. The summed E-state index contributed by atoms with van der Waals surface area (Å²) < 4.78 is 15.8. The highest BCUT2D eigenvalue weighted by molar-refractivity contribution is 5.79. The van der Waals surface area contributed by atoms with Crippen LogP contribution in [-0.2, 0) is 20.8 Å². The van der Waals surface area contributed by atoms with Gasteiger partial charge in [-0.1, -0.05) is 12.1 Å². The fraction of sp³-hybridized carbons (Fsp3) is 0.556. The van der Waals surface area contributed by atoms with Gasteiger partial charge in [0.15, 0.2) is 5.60 Å². The van der Waals surface area contributed by atoms with Crippen LogP contribution in [0.2, 0.25) is 0 Å². The van der Waals surface area contributed by atoms with E-state index in [1.165, 1.54) is 0 Å². The molecule has 24 heavy (non-hydrogen) atoms. The Morgan fingerprint density at radius 3 is 2.12 bits per heavy atom. The van der Waals surface area contributed by atoms with E-state index in [4.69, 9.17) is 14.2 Å². The van der Waals surface area contributed by atoms with Gasteiger partial charge in [-0.3, -0.25) is 0 Å². The van der Waals surface area contributed by atoms with Crippen LogP contribution in [0.4, 0.5) is 4.79 Å². The van der Waals surface area contributed by atoms with Crippen molar-refractivity contribution in [3.63, 3.8) is 0 Å². The van der Waals surface area contributed by atoms with Crippen molar-refractivity contribution in [1.29, 1.82) is 0 Å². The van der Waals surface area contributed by atoms with Crippen molar-refractivity contribution in [2.45, 2.75) is 59.3 Å². The van der Waals surface area contributed by atoms with Gasteiger partial charge in [0.2, 0.25) is 0 Å².